The Morgan fingerprint density at radius 1 is 1.26 bits per heavy atom. The molecule has 1 unspecified atom stereocenters. The van der Waals surface area contributed by atoms with E-state index >= 15 is 0 Å². The number of aliphatic hydroxyl groups is 1. The number of anilines is 2. The zero-order valence-electron chi connectivity index (χ0n) is 15.6. The number of rotatable bonds is 4. The van der Waals surface area contributed by atoms with Crippen molar-refractivity contribution in [3.8, 4) is 0 Å². The second-order valence-corrected chi connectivity index (χ2v) is 7.15. The largest absolute Gasteiger partial charge is 0.393 e. The predicted molar refractivity (Wildman–Crippen MR) is 104 cm³/mol. The third-order valence-corrected chi connectivity index (χ3v) is 5.27. The van der Waals surface area contributed by atoms with Crippen LogP contribution in [0.25, 0.3) is 11.0 Å². The van der Waals surface area contributed by atoms with E-state index in [0.717, 1.165) is 53.9 Å². The first-order valence-electron chi connectivity index (χ1n) is 9.28. The number of piperidine rings is 1. The number of pyridine rings is 1. The molecule has 3 aromatic rings. The van der Waals surface area contributed by atoms with Crippen LogP contribution in [0.5, 0.6) is 0 Å². The van der Waals surface area contributed by atoms with Crippen LogP contribution >= 0.6 is 0 Å². The van der Waals surface area contributed by atoms with Crippen molar-refractivity contribution in [3.63, 3.8) is 0 Å². The standard InChI is InChI=1S/C20H24FN5O/c1-13(24-18-5-8-22-20-17(18)12-23-25(20)2)16-11-14(21)3-4-19(16)26-9-6-15(27)7-10-26/h3-5,8,11-13,15,27H,6-7,9-10H2,1-2H3,(H,22,24). The first-order chi connectivity index (χ1) is 13.0. The number of aliphatic hydroxyl groups excluding tert-OH is 1. The molecule has 3 heterocycles. The number of fused-ring (bicyclic) bond motifs is 1. The molecule has 0 radical (unpaired) electrons. The summed E-state index contributed by atoms with van der Waals surface area (Å²) in [6.07, 6.45) is 4.77. The Morgan fingerprint density at radius 2 is 2.04 bits per heavy atom. The fourth-order valence-corrected chi connectivity index (χ4v) is 3.75. The van der Waals surface area contributed by atoms with Crippen LogP contribution in [0, 0.1) is 5.82 Å². The summed E-state index contributed by atoms with van der Waals surface area (Å²) in [5.41, 5.74) is 3.64. The van der Waals surface area contributed by atoms with Gasteiger partial charge >= 0.3 is 0 Å². The first kappa shape index (κ1) is 17.7. The summed E-state index contributed by atoms with van der Waals surface area (Å²) >= 11 is 0. The van der Waals surface area contributed by atoms with Crippen molar-refractivity contribution in [2.75, 3.05) is 23.3 Å². The molecule has 1 fully saturated rings. The average molecular weight is 369 g/mol. The van der Waals surface area contributed by atoms with Crippen LogP contribution in [-0.4, -0.2) is 39.1 Å². The number of aromatic nitrogens is 3. The monoisotopic (exact) mass is 369 g/mol. The molecule has 1 aliphatic heterocycles. The molecule has 0 aliphatic carbocycles. The molecular formula is C20H24FN5O. The van der Waals surface area contributed by atoms with Crippen molar-refractivity contribution >= 4 is 22.4 Å². The Morgan fingerprint density at radius 3 is 2.81 bits per heavy atom. The third-order valence-electron chi connectivity index (χ3n) is 5.27. The fraction of sp³-hybridized carbons (Fsp3) is 0.400. The van der Waals surface area contributed by atoms with Crippen LogP contribution in [0.1, 0.15) is 31.4 Å². The minimum Gasteiger partial charge on any atom is -0.393 e. The Bertz CT molecular complexity index is 949. The highest BCUT2D eigenvalue weighted by molar-refractivity contribution is 5.88. The van der Waals surface area contributed by atoms with E-state index in [2.05, 4.69) is 20.3 Å². The van der Waals surface area contributed by atoms with Gasteiger partial charge in [0.2, 0.25) is 0 Å². The highest BCUT2D eigenvalue weighted by Crippen LogP contribution is 2.33. The molecule has 6 nitrogen and oxygen atoms in total. The van der Waals surface area contributed by atoms with Gasteiger partial charge in [-0.15, -0.1) is 0 Å². The summed E-state index contributed by atoms with van der Waals surface area (Å²) in [4.78, 5) is 6.59. The summed E-state index contributed by atoms with van der Waals surface area (Å²) in [5.74, 6) is -0.249. The van der Waals surface area contributed by atoms with Crippen molar-refractivity contribution in [2.45, 2.75) is 31.9 Å². The molecule has 1 atom stereocenters. The minimum absolute atomic E-state index is 0.103. The topological polar surface area (TPSA) is 66.2 Å². The lowest BCUT2D eigenvalue weighted by Crippen LogP contribution is -2.36. The summed E-state index contributed by atoms with van der Waals surface area (Å²) in [6.45, 7) is 3.57. The maximum Gasteiger partial charge on any atom is 0.159 e. The molecule has 4 rings (SSSR count). The molecule has 1 saturated heterocycles. The number of nitrogens with one attached hydrogen (secondary N) is 1. The zero-order chi connectivity index (χ0) is 19.0. The molecule has 1 aromatic carbocycles. The van der Waals surface area contributed by atoms with Gasteiger partial charge in [-0.2, -0.15) is 5.10 Å². The average Bonchev–Trinajstić information content (AvgIpc) is 3.05. The molecule has 0 bridgehead atoms. The van der Waals surface area contributed by atoms with Crippen molar-refractivity contribution in [1.29, 1.82) is 0 Å². The van der Waals surface area contributed by atoms with E-state index in [4.69, 9.17) is 0 Å². The van der Waals surface area contributed by atoms with E-state index in [1.807, 2.05) is 26.1 Å². The second-order valence-electron chi connectivity index (χ2n) is 7.15. The van der Waals surface area contributed by atoms with Crippen LogP contribution in [0.4, 0.5) is 15.8 Å². The number of halogens is 1. The van der Waals surface area contributed by atoms with Crippen molar-refractivity contribution < 1.29 is 9.50 Å². The number of nitrogens with zero attached hydrogens (tertiary/aromatic N) is 4. The lowest BCUT2D eigenvalue weighted by atomic mass is 10.0. The summed E-state index contributed by atoms with van der Waals surface area (Å²) < 4.78 is 15.8. The van der Waals surface area contributed by atoms with Gasteiger partial charge in [0.25, 0.3) is 0 Å². The Balaban J connectivity index is 1.65. The first-order valence-corrected chi connectivity index (χ1v) is 9.28. The number of aryl methyl sites for hydroxylation is 1. The van der Waals surface area contributed by atoms with E-state index in [0.29, 0.717) is 0 Å². The molecule has 27 heavy (non-hydrogen) atoms. The van der Waals surface area contributed by atoms with Gasteiger partial charge < -0.3 is 15.3 Å². The van der Waals surface area contributed by atoms with E-state index < -0.39 is 0 Å². The van der Waals surface area contributed by atoms with Gasteiger partial charge in [-0.1, -0.05) is 0 Å². The molecule has 0 spiro atoms. The van der Waals surface area contributed by atoms with Crippen LogP contribution in [0.3, 0.4) is 0 Å². The zero-order valence-corrected chi connectivity index (χ0v) is 15.6. The van der Waals surface area contributed by atoms with Gasteiger partial charge in [0.15, 0.2) is 5.65 Å². The van der Waals surface area contributed by atoms with Gasteiger partial charge in [0, 0.05) is 43.3 Å². The van der Waals surface area contributed by atoms with E-state index in [1.54, 1.807) is 23.1 Å². The molecule has 0 saturated carbocycles. The van der Waals surface area contributed by atoms with Crippen molar-refractivity contribution in [3.05, 3.63) is 48.0 Å². The Labute approximate surface area is 157 Å². The molecule has 1 aliphatic rings. The van der Waals surface area contributed by atoms with Crippen LogP contribution in [-0.2, 0) is 7.05 Å². The van der Waals surface area contributed by atoms with Gasteiger partial charge in [-0.3, -0.25) is 4.68 Å². The lowest BCUT2D eigenvalue weighted by Gasteiger charge is -2.34. The molecule has 0 amide bonds. The molecule has 2 N–H and O–H groups in total. The van der Waals surface area contributed by atoms with E-state index in [-0.39, 0.29) is 18.0 Å². The predicted octanol–water partition coefficient (Wildman–Crippen LogP) is 3.24. The van der Waals surface area contributed by atoms with E-state index in [9.17, 15) is 9.50 Å². The summed E-state index contributed by atoms with van der Waals surface area (Å²) in [5, 5.41) is 18.5. The highest BCUT2D eigenvalue weighted by Gasteiger charge is 2.22. The minimum atomic E-state index is -0.249. The third kappa shape index (κ3) is 3.47. The van der Waals surface area contributed by atoms with E-state index in [1.165, 1.54) is 6.07 Å². The van der Waals surface area contributed by atoms with Gasteiger partial charge in [-0.25, -0.2) is 9.37 Å². The van der Waals surface area contributed by atoms with Gasteiger partial charge in [0.05, 0.1) is 23.7 Å². The van der Waals surface area contributed by atoms with Crippen LogP contribution in [0.15, 0.2) is 36.7 Å². The lowest BCUT2D eigenvalue weighted by molar-refractivity contribution is 0.145. The fourth-order valence-electron chi connectivity index (χ4n) is 3.75. The number of benzene rings is 1. The maximum absolute atomic E-state index is 14.0. The summed E-state index contributed by atoms with van der Waals surface area (Å²) in [6, 6.07) is 6.75. The second kappa shape index (κ2) is 7.15. The Kier molecular flexibility index (Phi) is 4.70. The molecule has 142 valence electrons. The van der Waals surface area contributed by atoms with Gasteiger partial charge in [-0.05, 0) is 44.0 Å². The highest BCUT2D eigenvalue weighted by atomic mass is 19.1. The number of hydrogen-bond acceptors (Lipinski definition) is 5. The van der Waals surface area contributed by atoms with Crippen LogP contribution in [0.2, 0.25) is 0 Å². The van der Waals surface area contributed by atoms with Gasteiger partial charge in [0.1, 0.15) is 5.82 Å². The molecule has 2 aromatic heterocycles. The quantitative estimate of drug-likeness (QED) is 0.739. The normalized spacial score (nSPS) is 16.7. The molecular weight excluding hydrogens is 345 g/mol. The molecule has 7 heteroatoms. The number of hydrogen-bond donors (Lipinski definition) is 2. The maximum atomic E-state index is 14.0. The Hall–Kier alpha value is -2.67. The smallest absolute Gasteiger partial charge is 0.159 e. The SMILES string of the molecule is CC(Nc1ccnc2c1cnn2C)c1cc(F)ccc1N1CCC(O)CC1. The van der Waals surface area contributed by atoms with Crippen molar-refractivity contribution in [2.24, 2.45) is 7.05 Å². The van der Waals surface area contributed by atoms with Crippen molar-refractivity contribution in [1.82, 2.24) is 14.8 Å². The summed E-state index contributed by atoms with van der Waals surface area (Å²) in [7, 11) is 1.86. The van der Waals surface area contributed by atoms with Crippen LogP contribution < -0.4 is 10.2 Å².